The van der Waals surface area contributed by atoms with Crippen molar-refractivity contribution in [3.63, 3.8) is 0 Å². The fourth-order valence-corrected chi connectivity index (χ4v) is 5.59. The van der Waals surface area contributed by atoms with Gasteiger partial charge in [0.2, 0.25) is 0 Å². The summed E-state index contributed by atoms with van der Waals surface area (Å²) in [5, 5.41) is 0.519. The molecule has 2 heterocycles. The third-order valence-electron chi connectivity index (χ3n) is 5.94. The number of aromatic nitrogens is 1. The Kier molecular flexibility index (Phi) is 8.82. The van der Waals surface area contributed by atoms with E-state index in [0.29, 0.717) is 55.0 Å². The number of fused-ring (bicyclic) bond motifs is 1. The molecule has 0 saturated heterocycles. The van der Waals surface area contributed by atoms with Gasteiger partial charge < -0.3 is 18.9 Å². The van der Waals surface area contributed by atoms with E-state index < -0.39 is 12.0 Å². The first-order chi connectivity index (χ1) is 18.7. The Morgan fingerprint density at radius 3 is 2.54 bits per heavy atom. The van der Waals surface area contributed by atoms with Crippen LogP contribution in [0.15, 0.2) is 57.5 Å². The Bertz CT molecular complexity index is 1600. The molecule has 0 fully saturated rings. The molecule has 0 radical (unpaired) electrons. The summed E-state index contributed by atoms with van der Waals surface area (Å²) >= 11 is 7.51. The lowest BCUT2D eigenvalue weighted by atomic mass is 9.95. The van der Waals surface area contributed by atoms with Crippen molar-refractivity contribution in [2.45, 2.75) is 46.8 Å². The average Bonchev–Trinajstić information content (AvgIpc) is 3.19. The van der Waals surface area contributed by atoms with Crippen molar-refractivity contribution >= 4 is 35.0 Å². The second-order valence-corrected chi connectivity index (χ2v) is 10.4. The summed E-state index contributed by atoms with van der Waals surface area (Å²) in [6.45, 7) is 9.82. The summed E-state index contributed by atoms with van der Waals surface area (Å²) in [4.78, 5) is 32.2. The molecular formula is C29H31ClN2O6S. The number of allylic oxidation sites excluding steroid dienone is 1. The second-order valence-electron chi connectivity index (χ2n) is 8.99. The van der Waals surface area contributed by atoms with Crippen molar-refractivity contribution in [3.05, 3.63) is 83.5 Å². The Hall–Kier alpha value is -3.56. The van der Waals surface area contributed by atoms with Gasteiger partial charge in [-0.25, -0.2) is 9.79 Å². The molecule has 1 aliphatic heterocycles. The highest BCUT2D eigenvalue weighted by Gasteiger charge is 2.34. The summed E-state index contributed by atoms with van der Waals surface area (Å²) in [5.41, 5.74) is 1.79. The molecule has 4 rings (SSSR count). The van der Waals surface area contributed by atoms with E-state index in [1.165, 1.54) is 15.9 Å². The number of nitrogens with zero attached hydrogens (tertiary/aromatic N) is 2. The number of methoxy groups -OCH3 is 1. The van der Waals surface area contributed by atoms with E-state index in [2.05, 4.69) is 4.99 Å². The molecule has 8 nitrogen and oxygen atoms in total. The van der Waals surface area contributed by atoms with Crippen LogP contribution in [0.4, 0.5) is 0 Å². The Morgan fingerprint density at radius 2 is 1.87 bits per heavy atom. The zero-order valence-electron chi connectivity index (χ0n) is 22.7. The van der Waals surface area contributed by atoms with Gasteiger partial charge in [-0.1, -0.05) is 29.0 Å². The number of benzene rings is 2. The lowest BCUT2D eigenvalue weighted by Gasteiger charge is -2.25. The molecule has 0 unspecified atom stereocenters. The number of carbonyl (C=O) groups is 1. The minimum Gasteiger partial charge on any atom is -0.493 e. The number of thiazole rings is 1. The van der Waals surface area contributed by atoms with Crippen LogP contribution in [0.2, 0.25) is 5.02 Å². The van der Waals surface area contributed by atoms with Crippen molar-refractivity contribution in [3.8, 4) is 17.2 Å². The smallest absolute Gasteiger partial charge is 0.338 e. The lowest BCUT2D eigenvalue weighted by molar-refractivity contribution is -0.139. The van der Waals surface area contributed by atoms with Crippen LogP contribution in [0.5, 0.6) is 17.2 Å². The van der Waals surface area contributed by atoms with E-state index in [9.17, 15) is 9.59 Å². The van der Waals surface area contributed by atoms with Crippen molar-refractivity contribution in [2.24, 2.45) is 4.99 Å². The van der Waals surface area contributed by atoms with Gasteiger partial charge in [-0.2, -0.15) is 0 Å². The number of ether oxygens (including phenoxy) is 4. The number of carbonyl (C=O) groups excluding carboxylic acids is 1. The number of rotatable bonds is 9. The van der Waals surface area contributed by atoms with Gasteiger partial charge in [0.05, 0.1) is 48.3 Å². The van der Waals surface area contributed by atoms with E-state index in [-0.39, 0.29) is 23.8 Å². The first-order valence-corrected chi connectivity index (χ1v) is 13.8. The van der Waals surface area contributed by atoms with Crippen molar-refractivity contribution in [1.82, 2.24) is 4.57 Å². The van der Waals surface area contributed by atoms with Gasteiger partial charge in [0.15, 0.2) is 16.3 Å². The minimum absolute atomic E-state index is 0.0658. The number of hydrogen-bond acceptors (Lipinski definition) is 8. The van der Waals surface area contributed by atoms with Gasteiger partial charge in [0.25, 0.3) is 5.56 Å². The SMILES string of the molecule is CCOC(=O)C1=C(C)N=c2s/c(=C/c3cc(Cl)ccc3OC(C)C)c(=O)n2[C@H]1c1ccc(OC)c(OCC)c1. The first-order valence-electron chi connectivity index (χ1n) is 12.6. The van der Waals surface area contributed by atoms with Gasteiger partial charge in [-0.3, -0.25) is 9.36 Å². The van der Waals surface area contributed by atoms with Crippen LogP contribution in [0.3, 0.4) is 0 Å². The molecule has 1 atom stereocenters. The van der Waals surface area contributed by atoms with Gasteiger partial charge >= 0.3 is 5.97 Å². The van der Waals surface area contributed by atoms with Crippen molar-refractivity contribution in [2.75, 3.05) is 20.3 Å². The Balaban J connectivity index is 1.97. The molecule has 206 valence electrons. The molecule has 0 bridgehead atoms. The van der Waals surface area contributed by atoms with E-state index in [4.69, 9.17) is 30.5 Å². The van der Waals surface area contributed by atoms with Crippen molar-refractivity contribution < 1.29 is 23.7 Å². The summed E-state index contributed by atoms with van der Waals surface area (Å²) in [5.74, 6) is 1.13. The predicted octanol–water partition coefficient (Wildman–Crippen LogP) is 4.65. The summed E-state index contributed by atoms with van der Waals surface area (Å²) in [6.07, 6.45) is 1.68. The first kappa shape index (κ1) is 28.4. The van der Waals surface area contributed by atoms with Crippen LogP contribution < -0.4 is 29.1 Å². The summed E-state index contributed by atoms with van der Waals surface area (Å²) < 4.78 is 24.5. The normalized spacial score (nSPS) is 15.2. The van der Waals surface area contributed by atoms with E-state index in [1.54, 1.807) is 57.4 Å². The quantitative estimate of drug-likeness (QED) is 0.348. The third-order valence-corrected chi connectivity index (χ3v) is 7.16. The summed E-state index contributed by atoms with van der Waals surface area (Å²) in [6, 6.07) is 9.85. The van der Waals surface area contributed by atoms with Gasteiger partial charge in [-0.05, 0) is 76.6 Å². The maximum atomic E-state index is 14.0. The van der Waals surface area contributed by atoms with Crippen LogP contribution >= 0.6 is 22.9 Å². The van der Waals surface area contributed by atoms with E-state index in [1.807, 2.05) is 26.8 Å². The molecule has 1 aromatic heterocycles. The van der Waals surface area contributed by atoms with Crippen LogP contribution in [0, 0.1) is 0 Å². The molecule has 3 aromatic rings. The molecule has 1 aliphatic rings. The maximum absolute atomic E-state index is 14.0. The largest absolute Gasteiger partial charge is 0.493 e. The zero-order chi connectivity index (χ0) is 28.3. The molecule has 0 saturated carbocycles. The monoisotopic (exact) mass is 570 g/mol. The Morgan fingerprint density at radius 1 is 1.13 bits per heavy atom. The molecule has 10 heteroatoms. The average molecular weight is 571 g/mol. The van der Waals surface area contributed by atoms with Crippen LogP contribution in [-0.4, -0.2) is 37.0 Å². The fraction of sp³-hybridized carbons (Fsp3) is 0.345. The molecule has 0 spiro atoms. The molecule has 2 aromatic carbocycles. The highest BCUT2D eigenvalue weighted by Crippen LogP contribution is 2.36. The number of hydrogen-bond donors (Lipinski definition) is 0. The molecule has 39 heavy (non-hydrogen) atoms. The fourth-order valence-electron chi connectivity index (χ4n) is 4.37. The minimum atomic E-state index is -0.779. The summed E-state index contributed by atoms with van der Waals surface area (Å²) in [7, 11) is 1.56. The number of esters is 1. The lowest BCUT2D eigenvalue weighted by Crippen LogP contribution is -2.40. The highest BCUT2D eigenvalue weighted by molar-refractivity contribution is 7.07. The second kappa shape index (κ2) is 12.1. The highest BCUT2D eigenvalue weighted by atomic mass is 35.5. The van der Waals surface area contributed by atoms with Gasteiger partial charge in [0.1, 0.15) is 5.75 Å². The predicted molar refractivity (Wildman–Crippen MR) is 152 cm³/mol. The Labute approximate surface area is 235 Å². The molecule has 0 aliphatic carbocycles. The molecule has 0 amide bonds. The van der Waals surface area contributed by atoms with Crippen molar-refractivity contribution in [1.29, 1.82) is 0 Å². The maximum Gasteiger partial charge on any atom is 0.338 e. The standard InChI is InChI=1S/C29H31ClN2O6S/c1-7-36-23-14-18(9-11-22(23)35-6)26-25(28(34)37-8-2)17(5)31-29-32(26)27(33)24(39-29)15-19-13-20(30)10-12-21(19)38-16(3)4/h9-16,26H,7-8H2,1-6H3/b24-15+/t26-/m0/s1. The van der Waals surface area contributed by atoms with Crippen LogP contribution in [0.1, 0.15) is 51.8 Å². The van der Waals surface area contributed by atoms with Crippen LogP contribution in [-0.2, 0) is 9.53 Å². The van der Waals surface area contributed by atoms with Gasteiger partial charge in [0, 0.05) is 10.6 Å². The number of halogens is 1. The third kappa shape index (κ3) is 5.89. The van der Waals surface area contributed by atoms with Crippen LogP contribution in [0.25, 0.3) is 6.08 Å². The van der Waals surface area contributed by atoms with E-state index in [0.717, 1.165) is 0 Å². The zero-order valence-corrected chi connectivity index (χ0v) is 24.3. The van der Waals surface area contributed by atoms with E-state index >= 15 is 0 Å². The molecular weight excluding hydrogens is 540 g/mol. The topological polar surface area (TPSA) is 88.4 Å². The molecule has 0 N–H and O–H groups in total. The van der Waals surface area contributed by atoms with Gasteiger partial charge in [-0.15, -0.1) is 0 Å².